The number of pyridine rings is 1. The van der Waals surface area contributed by atoms with E-state index in [0.717, 1.165) is 6.42 Å². The molecule has 1 unspecified atom stereocenters. The van der Waals surface area contributed by atoms with Gasteiger partial charge < -0.3 is 14.8 Å². The number of sulfonamides is 1. The molecule has 1 atom stereocenters. The monoisotopic (exact) mass is 446 g/mol. The van der Waals surface area contributed by atoms with Gasteiger partial charge in [0.25, 0.3) is 15.9 Å². The number of carbonyl (C=O) groups is 1. The molecule has 1 amide bonds. The second kappa shape index (κ2) is 8.78. The van der Waals surface area contributed by atoms with Crippen molar-refractivity contribution in [3.8, 4) is 5.88 Å². The molecule has 11 heteroatoms. The smallest absolute Gasteiger partial charge is 0.263 e. The van der Waals surface area contributed by atoms with Crippen LogP contribution < -0.4 is 14.8 Å². The summed E-state index contributed by atoms with van der Waals surface area (Å²) in [6, 6.07) is 8.99. The molecule has 1 aliphatic heterocycles. The summed E-state index contributed by atoms with van der Waals surface area (Å²) in [5, 5.41) is 4.69. The van der Waals surface area contributed by atoms with Crippen molar-refractivity contribution in [2.75, 3.05) is 23.3 Å². The number of hydrogen-bond acceptors (Lipinski definition) is 8. The van der Waals surface area contributed by atoms with Gasteiger partial charge in [-0.2, -0.15) is 0 Å². The molecule has 0 aliphatic carbocycles. The highest BCUT2D eigenvalue weighted by atomic mass is 32.2. The average Bonchev–Trinajstić information content (AvgIpc) is 3.43. The fourth-order valence-corrected chi connectivity index (χ4v) is 4.55. The van der Waals surface area contributed by atoms with E-state index < -0.39 is 10.0 Å². The molecule has 2 N–H and O–H groups in total. The first-order valence-electron chi connectivity index (χ1n) is 9.04. The van der Waals surface area contributed by atoms with Crippen LogP contribution in [0, 0.1) is 0 Å². The lowest BCUT2D eigenvalue weighted by atomic mass is 10.2. The van der Waals surface area contributed by atoms with Gasteiger partial charge in [-0.1, -0.05) is 0 Å². The van der Waals surface area contributed by atoms with Crippen molar-refractivity contribution in [3.05, 3.63) is 59.7 Å². The predicted octanol–water partition coefficient (Wildman–Crippen LogP) is 2.76. The number of anilines is 2. The fourth-order valence-electron chi connectivity index (χ4n) is 2.76. The summed E-state index contributed by atoms with van der Waals surface area (Å²) in [7, 11) is -3.75. The van der Waals surface area contributed by atoms with Gasteiger partial charge in [-0.3, -0.25) is 9.52 Å². The Labute approximate surface area is 177 Å². The van der Waals surface area contributed by atoms with Crippen LogP contribution in [-0.4, -0.2) is 43.6 Å². The molecule has 0 bridgehead atoms. The Morgan fingerprint density at radius 3 is 2.70 bits per heavy atom. The fraction of sp³-hybridized carbons (Fsp3) is 0.211. The van der Waals surface area contributed by atoms with Crippen molar-refractivity contribution >= 4 is 38.1 Å². The molecular weight excluding hydrogens is 428 g/mol. The summed E-state index contributed by atoms with van der Waals surface area (Å²) in [4.78, 5) is 20.6. The molecule has 0 saturated carbocycles. The van der Waals surface area contributed by atoms with E-state index in [9.17, 15) is 13.2 Å². The lowest BCUT2D eigenvalue weighted by Crippen LogP contribution is -2.17. The predicted molar refractivity (Wildman–Crippen MR) is 111 cm³/mol. The molecule has 3 aromatic rings. The van der Waals surface area contributed by atoms with Crippen LogP contribution in [0.2, 0.25) is 0 Å². The molecule has 9 nitrogen and oxygen atoms in total. The quantitative estimate of drug-likeness (QED) is 0.573. The van der Waals surface area contributed by atoms with Gasteiger partial charge in [0, 0.05) is 41.5 Å². The molecule has 1 saturated heterocycles. The summed E-state index contributed by atoms with van der Waals surface area (Å²) >= 11 is 1.18. The zero-order chi connectivity index (χ0) is 21.0. The summed E-state index contributed by atoms with van der Waals surface area (Å²) in [6.45, 7) is 1.15. The Bertz CT molecular complexity index is 1110. The largest absolute Gasteiger partial charge is 0.472 e. The Hall–Kier alpha value is -3.02. The van der Waals surface area contributed by atoms with Crippen LogP contribution in [0.3, 0.4) is 0 Å². The summed E-state index contributed by atoms with van der Waals surface area (Å²) in [6.07, 6.45) is 3.73. The van der Waals surface area contributed by atoms with Crippen LogP contribution in [-0.2, 0) is 14.8 Å². The lowest BCUT2D eigenvalue weighted by molar-refractivity contribution is 0.102. The molecular formula is C19H18N4O5S2. The van der Waals surface area contributed by atoms with Gasteiger partial charge in [-0.15, -0.1) is 11.3 Å². The minimum Gasteiger partial charge on any atom is -0.472 e. The molecule has 30 heavy (non-hydrogen) atoms. The number of rotatable bonds is 7. The maximum atomic E-state index is 12.5. The van der Waals surface area contributed by atoms with Crippen LogP contribution in [0.1, 0.15) is 16.8 Å². The highest BCUT2D eigenvalue weighted by Gasteiger charge is 2.19. The normalized spacial score (nSPS) is 16.2. The second-order valence-electron chi connectivity index (χ2n) is 6.41. The van der Waals surface area contributed by atoms with E-state index in [1.54, 1.807) is 17.5 Å². The van der Waals surface area contributed by atoms with Gasteiger partial charge in [0.05, 0.1) is 18.1 Å². The standard InChI is InChI=1S/C19H18N4O5S2/c24-18(13-5-7-20-17(11-13)28-15-6-9-27-12-15)22-14-1-3-16(4-2-14)30(25,26)23-19-21-8-10-29-19/h1-5,7-8,10-11,15H,6,9,12H2,(H,21,23)(H,22,24). The van der Waals surface area contributed by atoms with E-state index >= 15 is 0 Å². The minimum atomic E-state index is -3.75. The Kier molecular flexibility index (Phi) is 5.93. The van der Waals surface area contributed by atoms with Crippen molar-refractivity contribution in [1.29, 1.82) is 0 Å². The number of nitrogens with zero attached hydrogens (tertiary/aromatic N) is 2. The molecule has 1 aromatic carbocycles. The van der Waals surface area contributed by atoms with Crippen molar-refractivity contribution in [2.24, 2.45) is 0 Å². The van der Waals surface area contributed by atoms with Crippen molar-refractivity contribution in [1.82, 2.24) is 9.97 Å². The maximum absolute atomic E-state index is 12.5. The summed E-state index contributed by atoms with van der Waals surface area (Å²) < 4.78 is 38.1. The Morgan fingerprint density at radius 2 is 2.00 bits per heavy atom. The van der Waals surface area contributed by atoms with Crippen LogP contribution in [0.4, 0.5) is 10.8 Å². The van der Waals surface area contributed by atoms with Gasteiger partial charge in [0.1, 0.15) is 6.10 Å². The Balaban J connectivity index is 1.41. The van der Waals surface area contributed by atoms with E-state index in [4.69, 9.17) is 9.47 Å². The molecule has 0 spiro atoms. The van der Waals surface area contributed by atoms with Gasteiger partial charge in [-0.05, 0) is 30.3 Å². The summed E-state index contributed by atoms with van der Waals surface area (Å²) in [5.41, 5.74) is 0.831. The molecule has 1 aliphatic rings. The Morgan fingerprint density at radius 1 is 1.17 bits per heavy atom. The number of carbonyl (C=O) groups excluding carboxylic acids is 1. The first kappa shape index (κ1) is 20.3. The molecule has 3 heterocycles. The zero-order valence-corrected chi connectivity index (χ0v) is 17.3. The SMILES string of the molecule is O=C(Nc1ccc(S(=O)(=O)Nc2nccs2)cc1)c1ccnc(OC2CCOC2)c1. The number of ether oxygens (including phenoxy) is 2. The van der Waals surface area contributed by atoms with Crippen molar-refractivity contribution in [2.45, 2.75) is 17.4 Å². The number of thiazole rings is 1. The molecule has 4 rings (SSSR count). The third kappa shape index (κ3) is 4.93. The molecule has 1 fully saturated rings. The first-order chi connectivity index (χ1) is 14.5. The van der Waals surface area contributed by atoms with Gasteiger partial charge in [0.2, 0.25) is 5.88 Å². The molecule has 0 radical (unpaired) electrons. The second-order valence-corrected chi connectivity index (χ2v) is 8.98. The van der Waals surface area contributed by atoms with Crippen LogP contribution in [0.5, 0.6) is 5.88 Å². The third-order valence-corrected chi connectivity index (χ3v) is 6.42. The zero-order valence-electron chi connectivity index (χ0n) is 15.6. The third-order valence-electron chi connectivity index (χ3n) is 4.25. The highest BCUT2D eigenvalue weighted by molar-refractivity contribution is 7.93. The van der Waals surface area contributed by atoms with Gasteiger partial charge in [-0.25, -0.2) is 18.4 Å². The lowest BCUT2D eigenvalue weighted by Gasteiger charge is -2.12. The topological polar surface area (TPSA) is 120 Å². The highest BCUT2D eigenvalue weighted by Crippen LogP contribution is 2.21. The van der Waals surface area contributed by atoms with E-state index in [2.05, 4.69) is 20.0 Å². The van der Waals surface area contributed by atoms with Crippen LogP contribution in [0.25, 0.3) is 0 Å². The van der Waals surface area contributed by atoms with E-state index in [1.165, 1.54) is 48.0 Å². The molecule has 156 valence electrons. The van der Waals surface area contributed by atoms with E-state index in [1.807, 2.05) is 0 Å². The average molecular weight is 447 g/mol. The van der Waals surface area contributed by atoms with Crippen LogP contribution in [0.15, 0.2) is 59.1 Å². The number of nitrogens with one attached hydrogen (secondary N) is 2. The number of amides is 1. The summed E-state index contributed by atoms with van der Waals surface area (Å²) in [5.74, 6) is -0.00529. The first-order valence-corrected chi connectivity index (χ1v) is 11.4. The number of hydrogen-bond donors (Lipinski definition) is 2. The van der Waals surface area contributed by atoms with Gasteiger partial charge >= 0.3 is 0 Å². The minimum absolute atomic E-state index is 0.0640. The number of aromatic nitrogens is 2. The van der Waals surface area contributed by atoms with Crippen molar-refractivity contribution in [3.63, 3.8) is 0 Å². The maximum Gasteiger partial charge on any atom is 0.263 e. The number of benzene rings is 1. The van der Waals surface area contributed by atoms with E-state index in [0.29, 0.717) is 30.3 Å². The van der Waals surface area contributed by atoms with Crippen LogP contribution >= 0.6 is 11.3 Å². The van der Waals surface area contributed by atoms with E-state index in [-0.39, 0.29) is 22.0 Å². The van der Waals surface area contributed by atoms with Crippen molar-refractivity contribution < 1.29 is 22.7 Å². The molecule has 2 aromatic heterocycles. The van der Waals surface area contributed by atoms with Gasteiger partial charge in [0.15, 0.2) is 5.13 Å².